The first-order valence-corrected chi connectivity index (χ1v) is 7.38. The number of rotatable bonds is 7. The van der Waals surface area contributed by atoms with E-state index >= 15 is 0 Å². The standard InChI is InChI=1S/C14H20N8/c1-4-6-17-12-11-10(19-9(8-15)20-12)13(18-7-5-2)22-14(16-3)21-11/h4-7H2,1-3H3,(H,17,19,20)(H2,16,18,21,22). The zero-order chi connectivity index (χ0) is 15.9. The van der Waals surface area contributed by atoms with Crippen LogP contribution in [0.1, 0.15) is 32.5 Å². The van der Waals surface area contributed by atoms with E-state index in [0.29, 0.717) is 28.6 Å². The average molecular weight is 300 g/mol. The predicted molar refractivity (Wildman–Crippen MR) is 87.0 cm³/mol. The van der Waals surface area contributed by atoms with Gasteiger partial charge in [0.25, 0.3) is 0 Å². The molecule has 116 valence electrons. The van der Waals surface area contributed by atoms with Crippen LogP contribution >= 0.6 is 0 Å². The topological polar surface area (TPSA) is 111 Å². The maximum absolute atomic E-state index is 9.14. The van der Waals surface area contributed by atoms with Crippen molar-refractivity contribution in [1.82, 2.24) is 19.9 Å². The highest BCUT2D eigenvalue weighted by Gasteiger charge is 2.15. The Morgan fingerprint density at radius 1 is 0.909 bits per heavy atom. The highest BCUT2D eigenvalue weighted by atomic mass is 15.2. The summed E-state index contributed by atoms with van der Waals surface area (Å²) in [6.45, 7) is 5.63. The lowest BCUT2D eigenvalue weighted by atomic mass is 10.3. The second kappa shape index (κ2) is 7.36. The first-order chi connectivity index (χ1) is 10.7. The van der Waals surface area contributed by atoms with Crippen LogP contribution in [0.2, 0.25) is 0 Å². The summed E-state index contributed by atoms with van der Waals surface area (Å²) in [5.74, 6) is 1.75. The van der Waals surface area contributed by atoms with Crippen molar-refractivity contribution in [3.05, 3.63) is 5.82 Å². The van der Waals surface area contributed by atoms with Crippen LogP contribution in [0.5, 0.6) is 0 Å². The molecule has 0 atom stereocenters. The second-order valence-corrected chi connectivity index (χ2v) is 4.70. The fourth-order valence-electron chi connectivity index (χ4n) is 1.91. The molecule has 8 nitrogen and oxygen atoms in total. The van der Waals surface area contributed by atoms with Gasteiger partial charge in [0, 0.05) is 20.1 Å². The fraction of sp³-hybridized carbons (Fsp3) is 0.500. The summed E-state index contributed by atoms with van der Waals surface area (Å²) < 4.78 is 0. The van der Waals surface area contributed by atoms with Crippen molar-refractivity contribution in [2.75, 3.05) is 36.1 Å². The highest BCUT2D eigenvalue weighted by molar-refractivity contribution is 5.93. The Labute approximate surface area is 129 Å². The van der Waals surface area contributed by atoms with Crippen molar-refractivity contribution in [2.24, 2.45) is 0 Å². The SMILES string of the molecule is CCCNc1nc(NC)nc2c(NCCC)nc(C#N)nc12. The molecule has 0 aliphatic carbocycles. The van der Waals surface area contributed by atoms with Crippen LogP contribution in [0.3, 0.4) is 0 Å². The molecule has 0 bridgehead atoms. The third-order valence-electron chi connectivity index (χ3n) is 2.95. The summed E-state index contributed by atoms with van der Waals surface area (Å²) in [6.07, 6.45) is 1.90. The van der Waals surface area contributed by atoms with Crippen LogP contribution in [0, 0.1) is 11.3 Å². The summed E-state index contributed by atoms with van der Waals surface area (Å²) >= 11 is 0. The zero-order valence-corrected chi connectivity index (χ0v) is 13.1. The van der Waals surface area contributed by atoms with Gasteiger partial charge in [-0.05, 0) is 12.8 Å². The molecule has 0 aliphatic heterocycles. The van der Waals surface area contributed by atoms with Gasteiger partial charge >= 0.3 is 0 Å². The summed E-state index contributed by atoms with van der Waals surface area (Å²) in [7, 11) is 1.76. The fourth-order valence-corrected chi connectivity index (χ4v) is 1.91. The predicted octanol–water partition coefficient (Wildman–Crippen LogP) is 1.98. The van der Waals surface area contributed by atoms with E-state index in [-0.39, 0.29) is 5.82 Å². The van der Waals surface area contributed by atoms with Gasteiger partial charge in [-0.3, -0.25) is 0 Å². The van der Waals surface area contributed by atoms with E-state index in [2.05, 4.69) is 49.7 Å². The van der Waals surface area contributed by atoms with E-state index in [1.165, 1.54) is 0 Å². The Balaban J connectivity index is 2.64. The molecule has 2 aromatic rings. The van der Waals surface area contributed by atoms with E-state index < -0.39 is 0 Å². The van der Waals surface area contributed by atoms with E-state index in [4.69, 9.17) is 5.26 Å². The summed E-state index contributed by atoms with van der Waals surface area (Å²) in [4.78, 5) is 17.3. The van der Waals surface area contributed by atoms with Crippen LogP contribution in [0.25, 0.3) is 11.0 Å². The van der Waals surface area contributed by atoms with E-state index in [0.717, 1.165) is 25.9 Å². The van der Waals surface area contributed by atoms with Gasteiger partial charge in [0.2, 0.25) is 11.8 Å². The van der Waals surface area contributed by atoms with Crippen molar-refractivity contribution in [1.29, 1.82) is 5.26 Å². The molecule has 0 amide bonds. The van der Waals surface area contributed by atoms with Gasteiger partial charge in [0.15, 0.2) is 11.6 Å². The molecule has 2 heterocycles. The molecule has 2 aromatic heterocycles. The molecule has 0 aliphatic rings. The minimum Gasteiger partial charge on any atom is -0.368 e. The zero-order valence-electron chi connectivity index (χ0n) is 13.1. The van der Waals surface area contributed by atoms with Gasteiger partial charge in [-0.25, -0.2) is 9.97 Å². The average Bonchev–Trinajstić information content (AvgIpc) is 2.56. The highest BCUT2D eigenvalue weighted by Crippen LogP contribution is 2.25. The van der Waals surface area contributed by atoms with Gasteiger partial charge in [-0.2, -0.15) is 15.2 Å². The third kappa shape index (κ3) is 3.31. The third-order valence-corrected chi connectivity index (χ3v) is 2.95. The second-order valence-electron chi connectivity index (χ2n) is 4.70. The lowest BCUT2D eigenvalue weighted by Gasteiger charge is -2.12. The number of hydrogen-bond acceptors (Lipinski definition) is 8. The minimum absolute atomic E-state index is 0.103. The van der Waals surface area contributed by atoms with Crippen LogP contribution in [0.4, 0.5) is 17.6 Å². The van der Waals surface area contributed by atoms with Gasteiger partial charge in [-0.1, -0.05) is 13.8 Å². The quantitative estimate of drug-likeness (QED) is 0.711. The van der Waals surface area contributed by atoms with Gasteiger partial charge < -0.3 is 16.0 Å². The first-order valence-electron chi connectivity index (χ1n) is 7.38. The number of nitriles is 1. The maximum Gasteiger partial charge on any atom is 0.234 e. The molecule has 0 fully saturated rings. The van der Waals surface area contributed by atoms with Crippen molar-refractivity contribution in [3.63, 3.8) is 0 Å². The summed E-state index contributed by atoms with van der Waals surface area (Å²) in [5, 5.41) is 18.5. The molecule has 8 heteroatoms. The minimum atomic E-state index is 0.103. The van der Waals surface area contributed by atoms with Crippen molar-refractivity contribution in [3.8, 4) is 6.07 Å². The van der Waals surface area contributed by atoms with E-state index in [1.54, 1.807) is 7.05 Å². The number of hydrogen-bond donors (Lipinski definition) is 3. The maximum atomic E-state index is 9.14. The van der Waals surface area contributed by atoms with E-state index in [1.807, 2.05) is 6.07 Å². The summed E-state index contributed by atoms with van der Waals surface area (Å²) in [6, 6.07) is 1.99. The Morgan fingerprint density at radius 2 is 1.50 bits per heavy atom. The molecule has 3 N–H and O–H groups in total. The molecule has 0 radical (unpaired) electrons. The summed E-state index contributed by atoms with van der Waals surface area (Å²) in [5.41, 5.74) is 1.16. The molecule has 0 unspecified atom stereocenters. The molecule has 0 aromatic carbocycles. The molecule has 22 heavy (non-hydrogen) atoms. The van der Waals surface area contributed by atoms with Crippen molar-refractivity contribution < 1.29 is 0 Å². The van der Waals surface area contributed by atoms with Crippen LogP contribution < -0.4 is 16.0 Å². The number of aromatic nitrogens is 4. The lowest BCUT2D eigenvalue weighted by molar-refractivity contribution is 0.958. The van der Waals surface area contributed by atoms with Gasteiger partial charge in [0.1, 0.15) is 17.1 Å². The van der Waals surface area contributed by atoms with Gasteiger partial charge in [0.05, 0.1) is 0 Å². The molecule has 0 saturated carbocycles. The van der Waals surface area contributed by atoms with Crippen LogP contribution in [-0.4, -0.2) is 40.1 Å². The lowest BCUT2D eigenvalue weighted by Crippen LogP contribution is -2.11. The van der Waals surface area contributed by atoms with Crippen molar-refractivity contribution >= 4 is 28.6 Å². The van der Waals surface area contributed by atoms with E-state index in [9.17, 15) is 0 Å². The molecular weight excluding hydrogens is 280 g/mol. The number of nitrogens with zero attached hydrogens (tertiary/aromatic N) is 5. The van der Waals surface area contributed by atoms with Crippen LogP contribution in [0.15, 0.2) is 0 Å². The number of fused-ring (bicyclic) bond motifs is 1. The van der Waals surface area contributed by atoms with Crippen LogP contribution in [-0.2, 0) is 0 Å². The Kier molecular flexibility index (Phi) is 5.25. The van der Waals surface area contributed by atoms with Crippen molar-refractivity contribution in [2.45, 2.75) is 26.7 Å². The molecule has 0 saturated heterocycles. The first kappa shape index (κ1) is 15.7. The molecule has 0 spiro atoms. The number of anilines is 3. The smallest absolute Gasteiger partial charge is 0.234 e. The monoisotopic (exact) mass is 300 g/mol. The molecule has 2 rings (SSSR count). The van der Waals surface area contributed by atoms with Gasteiger partial charge in [-0.15, -0.1) is 0 Å². The largest absolute Gasteiger partial charge is 0.368 e. The Hall–Kier alpha value is -2.69. The molecular formula is C14H20N8. The number of nitrogens with one attached hydrogen (secondary N) is 3. The normalized spacial score (nSPS) is 10.3. The Morgan fingerprint density at radius 3 is 2.05 bits per heavy atom. The Bertz CT molecular complexity index is 691.